The van der Waals surface area contributed by atoms with Crippen LogP contribution in [0.5, 0.6) is 11.5 Å². The van der Waals surface area contributed by atoms with E-state index in [2.05, 4.69) is 45.5 Å². The molecule has 1 amide bonds. The lowest BCUT2D eigenvalue weighted by Gasteiger charge is -2.15. The molecule has 0 N–H and O–H groups in total. The van der Waals surface area contributed by atoms with Crippen molar-refractivity contribution in [3.63, 3.8) is 0 Å². The van der Waals surface area contributed by atoms with Gasteiger partial charge in [-0.05, 0) is 54.3 Å². The first kappa shape index (κ1) is 25.3. The number of carbonyl (C=O) groups is 1. The van der Waals surface area contributed by atoms with E-state index in [1.807, 2.05) is 6.07 Å². The van der Waals surface area contributed by atoms with E-state index < -0.39 is 0 Å². The summed E-state index contributed by atoms with van der Waals surface area (Å²) in [5, 5.41) is 0.569. The molecule has 1 aliphatic rings. The van der Waals surface area contributed by atoms with Gasteiger partial charge in [0.1, 0.15) is 15.8 Å². The van der Waals surface area contributed by atoms with Crippen LogP contribution in [-0.4, -0.2) is 34.9 Å². The first-order chi connectivity index (χ1) is 15.8. The van der Waals surface area contributed by atoms with Gasteiger partial charge in [0.05, 0.1) is 18.1 Å². The van der Waals surface area contributed by atoms with Crippen LogP contribution in [0.25, 0.3) is 6.08 Å². The third-order valence-corrected chi connectivity index (χ3v) is 6.65. The molecule has 3 rings (SSSR count). The maximum absolute atomic E-state index is 12.7. The lowest BCUT2D eigenvalue weighted by Crippen LogP contribution is -2.27. The Morgan fingerprint density at radius 2 is 1.88 bits per heavy atom. The largest absolute Gasteiger partial charge is 0.493 e. The Balaban J connectivity index is 1.63. The van der Waals surface area contributed by atoms with Crippen LogP contribution in [-0.2, 0) is 4.79 Å². The number of amides is 1. The molecule has 0 bridgehead atoms. The molecule has 0 saturated carbocycles. The zero-order valence-corrected chi connectivity index (χ0v) is 21.5. The molecule has 1 fully saturated rings. The van der Waals surface area contributed by atoms with Crippen molar-refractivity contribution >= 4 is 51.9 Å². The number of thioether (sulfide) groups is 1. The Labute approximate surface area is 210 Å². The minimum absolute atomic E-state index is 0.136. The minimum atomic E-state index is -0.136. The van der Waals surface area contributed by atoms with Crippen LogP contribution in [0.1, 0.15) is 42.9 Å². The molecule has 1 aliphatic heterocycles. The molecule has 1 heterocycles. The topological polar surface area (TPSA) is 38.8 Å². The Hall–Kier alpha value is -2.28. The van der Waals surface area contributed by atoms with Crippen LogP contribution in [0.4, 0.5) is 0 Å². The van der Waals surface area contributed by atoms with E-state index in [0.717, 1.165) is 17.7 Å². The van der Waals surface area contributed by atoms with E-state index >= 15 is 0 Å². The van der Waals surface area contributed by atoms with Crippen molar-refractivity contribution in [2.45, 2.75) is 33.1 Å². The predicted octanol–water partition coefficient (Wildman–Crippen LogP) is 7.01. The third-order valence-electron chi connectivity index (χ3n) is 5.04. The molecular weight excluding hydrogens is 474 g/mol. The second-order valence-electron chi connectivity index (χ2n) is 8.01. The summed E-state index contributed by atoms with van der Waals surface area (Å²) >= 11 is 12.8. The summed E-state index contributed by atoms with van der Waals surface area (Å²) in [4.78, 5) is 14.7. The normalized spacial score (nSPS) is 14.9. The highest BCUT2D eigenvalue weighted by atomic mass is 35.5. The highest BCUT2D eigenvalue weighted by Crippen LogP contribution is 2.35. The fourth-order valence-electron chi connectivity index (χ4n) is 3.36. The maximum atomic E-state index is 12.7. The number of aryl methyl sites for hydroxylation is 1. The lowest BCUT2D eigenvalue weighted by atomic mass is 10.0. The quantitative estimate of drug-likeness (QED) is 0.151. The highest BCUT2D eigenvalue weighted by molar-refractivity contribution is 8.26. The Bertz CT molecular complexity index is 1080. The molecule has 1 saturated heterocycles. The van der Waals surface area contributed by atoms with E-state index in [0.29, 0.717) is 45.7 Å². The summed E-state index contributed by atoms with van der Waals surface area (Å²) in [5.41, 5.74) is 3.12. The van der Waals surface area contributed by atoms with Gasteiger partial charge in [0.25, 0.3) is 5.91 Å². The number of halogens is 1. The number of benzene rings is 2. The van der Waals surface area contributed by atoms with Gasteiger partial charge in [0.15, 0.2) is 0 Å². The molecule has 0 spiro atoms. The molecule has 33 heavy (non-hydrogen) atoms. The second kappa shape index (κ2) is 11.7. The summed E-state index contributed by atoms with van der Waals surface area (Å²) in [6.07, 6.45) is 4.15. The molecular formula is C26H28ClNO3S2. The van der Waals surface area contributed by atoms with Gasteiger partial charge in [-0.3, -0.25) is 9.69 Å². The number of thiocarbonyl (C=S) groups is 1. The standard InChI is InChI=1S/C26H28ClNO3S2/c1-5-11-28-25(29)24(33-26(28)32)16-19-15-20(27)8-10-22(19)30-12-6-13-31-23-14-18(4)7-9-21(23)17(2)3/h5,7-10,14-17H,1,6,11-13H2,2-4H3. The first-order valence-corrected chi connectivity index (χ1v) is 12.4. The molecule has 174 valence electrons. The Kier molecular flexibility index (Phi) is 9.01. The van der Waals surface area contributed by atoms with Gasteiger partial charge >= 0.3 is 0 Å². The summed E-state index contributed by atoms with van der Waals surface area (Å²) in [5.74, 6) is 1.85. The van der Waals surface area contributed by atoms with Crippen LogP contribution in [0.15, 0.2) is 54.0 Å². The van der Waals surface area contributed by atoms with Gasteiger partial charge in [0, 0.05) is 23.6 Å². The van der Waals surface area contributed by atoms with Gasteiger partial charge in [-0.25, -0.2) is 0 Å². The fraction of sp³-hybridized carbons (Fsp3) is 0.308. The van der Waals surface area contributed by atoms with Gasteiger partial charge in [-0.1, -0.05) is 67.6 Å². The van der Waals surface area contributed by atoms with Crippen LogP contribution < -0.4 is 9.47 Å². The van der Waals surface area contributed by atoms with Gasteiger partial charge in [0.2, 0.25) is 0 Å². The zero-order valence-electron chi connectivity index (χ0n) is 19.1. The van der Waals surface area contributed by atoms with Crippen molar-refractivity contribution in [1.82, 2.24) is 4.90 Å². The van der Waals surface area contributed by atoms with Crippen LogP contribution in [0, 0.1) is 6.92 Å². The Morgan fingerprint density at radius 3 is 2.58 bits per heavy atom. The smallest absolute Gasteiger partial charge is 0.266 e. The van der Waals surface area contributed by atoms with Crippen molar-refractivity contribution < 1.29 is 14.3 Å². The predicted molar refractivity (Wildman–Crippen MR) is 142 cm³/mol. The number of rotatable bonds is 10. The van der Waals surface area contributed by atoms with Crippen LogP contribution in [0.2, 0.25) is 5.02 Å². The van der Waals surface area contributed by atoms with Gasteiger partial charge in [-0.15, -0.1) is 6.58 Å². The van der Waals surface area contributed by atoms with E-state index in [-0.39, 0.29) is 5.91 Å². The SMILES string of the molecule is C=CCN1C(=O)C(=Cc2cc(Cl)ccc2OCCCOc2cc(C)ccc2C(C)C)SC1=S. The first-order valence-electron chi connectivity index (χ1n) is 10.8. The van der Waals surface area contributed by atoms with Crippen molar-refractivity contribution in [3.8, 4) is 11.5 Å². The molecule has 0 radical (unpaired) electrons. The number of hydrogen-bond acceptors (Lipinski definition) is 5. The van der Waals surface area contributed by atoms with E-state index in [9.17, 15) is 4.79 Å². The highest BCUT2D eigenvalue weighted by Gasteiger charge is 2.31. The molecule has 0 aliphatic carbocycles. The summed E-state index contributed by atoms with van der Waals surface area (Å²) < 4.78 is 12.6. The average Bonchev–Trinajstić information content (AvgIpc) is 3.02. The fourth-order valence-corrected chi connectivity index (χ4v) is 4.80. The summed E-state index contributed by atoms with van der Waals surface area (Å²) in [6.45, 7) is 11.5. The second-order valence-corrected chi connectivity index (χ2v) is 10.1. The Morgan fingerprint density at radius 1 is 1.15 bits per heavy atom. The number of carbonyl (C=O) groups excluding carboxylic acids is 1. The van der Waals surface area contributed by atoms with Crippen LogP contribution >= 0.6 is 35.6 Å². The maximum Gasteiger partial charge on any atom is 0.266 e. The van der Waals surface area contributed by atoms with Crippen molar-refractivity contribution in [2.24, 2.45) is 0 Å². The molecule has 4 nitrogen and oxygen atoms in total. The number of hydrogen-bond donors (Lipinski definition) is 0. The van der Waals surface area contributed by atoms with Gasteiger partial charge in [-0.2, -0.15) is 0 Å². The average molecular weight is 502 g/mol. The van der Waals surface area contributed by atoms with Gasteiger partial charge < -0.3 is 9.47 Å². The molecule has 2 aromatic rings. The van der Waals surface area contributed by atoms with E-state index in [1.54, 1.807) is 24.3 Å². The third kappa shape index (κ3) is 6.62. The molecule has 0 unspecified atom stereocenters. The lowest BCUT2D eigenvalue weighted by molar-refractivity contribution is -0.121. The van der Waals surface area contributed by atoms with Crippen molar-refractivity contribution in [1.29, 1.82) is 0 Å². The van der Waals surface area contributed by atoms with Crippen molar-refractivity contribution in [3.05, 3.63) is 75.7 Å². The molecule has 7 heteroatoms. The van der Waals surface area contributed by atoms with Crippen LogP contribution in [0.3, 0.4) is 0 Å². The monoisotopic (exact) mass is 501 g/mol. The minimum Gasteiger partial charge on any atom is -0.493 e. The van der Waals surface area contributed by atoms with E-state index in [1.165, 1.54) is 27.8 Å². The number of ether oxygens (including phenoxy) is 2. The molecule has 0 aromatic heterocycles. The van der Waals surface area contributed by atoms with Crippen molar-refractivity contribution in [2.75, 3.05) is 19.8 Å². The molecule has 2 aromatic carbocycles. The summed E-state index contributed by atoms with van der Waals surface area (Å²) in [6, 6.07) is 11.7. The number of nitrogens with zero attached hydrogens (tertiary/aromatic N) is 1. The van der Waals surface area contributed by atoms with E-state index in [4.69, 9.17) is 33.3 Å². The molecule has 0 atom stereocenters. The summed E-state index contributed by atoms with van der Waals surface area (Å²) in [7, 11) is 0. The zero-order chi connectivity index (χ0) is 24.0.